The highest BCUT2D eigenvalue weighted by Crippen LogP contribution is 2.29. The Bertz CT molecular complexity index is 714. The number of thioether (sulfide) groups is 1. The van der Waals surface area contributed by atoms with Crippen LogP contribution in [0.25, 0.3) is 11.1 Å². The van der Waals surface area contributed by atoms with Crippen molar-refractivity contribution >= 4 is 23.3 Å². The number of carbonyl (C=O) groups is 2. The van der Waals surface area contributed by atoms with Crippen LogP contribution in [0, 0.1) is 0 Å². The number of benzene rings is 2. The third-order valence-corrected chi connectivity index (χ3v) is 4.53. The summed E-state index contributed by atoms with van der Waals surface area (Å²) in [4.78, 5) is 24.4. The first kappa shape index (κ1) is 14.1. The summed E-state index contributed by atoms with van der Waals surface area (Å²) in [5.74, 6) is -0.647. The highest BCUT2D eigenvalue weighted by atomic mass is 32.2. The van der Waals surface area contributed by atoms with Crippen molar-refractivity contribution in [1.82, 2.24) is 0 Å². The van der Waals surface area contributed by atoms with Crippen LogP contribution in [0.2, 0.25) is 0 Å². The molecule has 0 aliphatic heterocycles. The van der Waals surface area contributed by atoms with Gasteiger partial charge in [-0.25, -0.2) is 0 Å². The lowest BCUT2D eigenvalue weighted by Gasteiger charge is -2.07. The van der Waals surface area contributed by atoms with Crippen LogP contribution in [0.3, 0.4) is 0 Å². The van der Waals surface area contributed by atoms with Gasteiger partial charge in [0.15, 0.2) is 0 Å². The van der Waals surface area contributed by atoms with Crippen molar-refractivity contribution in [3.8, 4) is 11.1 Å². The van der Waals surface area contributed by atoms with Gasteiger partial charge in [-0.1, -0.05) is 38.1 Å². The van der Waals surface area contributed by atoms with Crippen molar-refractivity contribution in [3.05, 3.63) is 53.6 Å². The Labute approximate surface area is 128 Å². The fourth-order valence-electron chi connectivity index (χ4n) is 2.54. The monoisotopic (exact) mass is 296 g/mol. The molecule has 0 atom stereocenters. The molecule has 0 fully saturated rings. The van der Waals surface area contributed by atoms with E-state index in [1.165, 1.54) is 4.90 Å². The van der Waals surface area contributed by atoms with Crippen molar-refractivity contribution in [2.75, 3.05) is 0 Å². The molecule has 0 radical (unpaired) electrons. The molecule has 0 bridgehead atoms. The second-order valence-corrected chi connectivity index (χ2v) is 7.14. The fraction of sp³-hybridized carbons (Fsp3) is 0.222. The molecular formula is C18H16O2S. The molecule has 0 aromatic heterocycles. The van der Waals surface area contributed by atoms with Gasteiger partial charge in [-0.15, -0.1) is 11.8 Å². The maximum absolute atomic E-state index is 11.6. The normalized spacial score (nSPS) is 13.9. The third-order valence-electron chi connectivity index (χ3n) is 3.51. The van der Waals surface area contributed by atoms with E-state index >= 15 is 0 Å². The number of fused-ring (bicyclic) bond motifs is 1. The Balaban J connectivity index is 1.90. The summed E-state index contributed by atoms with van der Waals surface area (Å²) in [7, 11) is 0. The van der Waals surface area contributed by atoms with Gasteiger partial charge in [-0.3, -0.25) is 9.59 Å². The Kier molecular flexibility index (Phi) is 3.68. The molecule has 2 aromatic carbocycles. The van der Waals surface area contributed by atoms with E-state index in [4.69, 9.17) is 0 Å². The van der Waals surface area contributed by atoms with E-state index in [2.05, 4.69) is 38.1 Å². The van der Waals surface area contributed by atoms with Crippen LogP contribution in [-0.2, 0) is 11.2 Å². The number of ketones is 2. The first-order valence-corrected chi connectivity index (χ1v) is 7.90. The van der Waals surface area contributed by atoms with Crippen LogP contribution in [0.5, 0.6) is 0 Å². The van der Waals surface area contributed by atoms with Gasteiger partial charge in [0.2, 0.25) is 11.6 Å². The van der Waals surface area contributed by atoms with Gasteiger partial charge in [0.05, 0.1) is 0 Å². The molecule has 0 saturated carbocycles. The minimum absolute atomic E-state index is 0.239. The van der Waals surface area contributed by atoms with Crippen molar-refractivity contribution in [3.63, 3.8) is 0 Å². The molecule has 106 valence electrons. The predicted octanol–water partition coefficient (Wildman–Crippen LogP) is 4.16. The van der Waals surface area contributed by atoms with Crippen LogP contribution in [0.1, 0.15) is 29.8 Å². The molecule has 1 aliphatic rings. The van der Waals surface area contributed by atoms with Crippen molar-refractivity contribution in [2.24, 2.45) is 0 Å². The first-order chi connectivity index (χ1) is 10.0. The van der Waals surface area contributed by atoms with Gasteiger partial charge in [0.25, 0.3) is 0 Å². The number of hydrogen-bond acceptors (Lipinski definition) is 3. The quantitative estimate of drug-likeness (QED) is 0.630. The summed E-state index contributed by atoms with van der Waals surface area (Å²) in [6.45, 7) is 4.35. The highest BCUT2D eigenvalue weighted by Gasteiger charge is 2.27. The zero-order chi connectivity index (χ0) is 15.0. The number of carbonyl (C=O) groups excluding carboxylic acids is 2. The van der Waals surface area contributed by atoms with Gasteiger partial charge in [0.1, 0.15) is 0 Å². The molecule has 1 aliphatic carbocycles. The number of hydrogen-bond donors (Lipinski definition) is 0. The molecule has 0 amide bonds. The molecule has 3 rings (SSSR count). The van der Waals surface area contributed by atoms with E-state index in [0.717, 1.165) is 16.7 Å². The summed E-state index contributed by atoms with van der Waals surface area (Å²) in [5.41, 5.74) is 3.58. The molecule has 2 aromatic rings. The summed E-state index contributed by atoms with van der Waals surface area (Å²) in [6.07, 6.45) is 0.239. The van der Waals surface area contributed by atoms with Crippen LogP contribution in [0.15, 0.2) is 47.4 Å². The predicted molar refractivity (Wildman–Crippen MR) is 85.9 cm³/mol. The average molecular weight is 296 g/mol. The van der Waals surface area contributed by atoms with E-state index in [1.807, 2.05) is 23.9 Å². The van der Waals surface area contributed by atoms with Crippen LogP contribution in [0.4, 0.5) is 0 Å². The Morgan fingerprint density at radius 2 is 1.62 bits per heavy atom. The molecule has 2 nitrogen and oxygen atoms in total. The second kappa shape index (κ2) is 5.49. The van der Waals surface area contributed by atoms with Gasteiger partial charge in [-0.05, 0) is 34.9 Å². The van der Waals surface area contributed by atoms with Crippen molar-refractivity contribution in [1.29, 1.82) is 0 Å². The largest absolute Gasteiger partial charge is 0.290 e. The van der Waals surface area contributed by atoms with Crippen LogP contribution in [-0.4, -0.2) is 16.8 Å². The Morgan fingerprint density at radius 3 is 2.29 bits per heavy atom. The number of Topliss-reactive ketones (excluding diaryl/α,β-unsaturated/α-hetero) is 2. The third kappa shape index (κ3) is 2.79. The van der Waals surface area contributed by atoms with Crippen molar-refractivity contribution < 1.29 is 9.59 Å². The minimum atomic E-state index is -0.347. The minimum Gasteiger partial charge on any atom is -0.290 e. The van der Waals surface area contributed by atoms with E-state index in [0.29, 0.717) is 10.8 Å². The van der Waals surface area contributed by atoms with E-state index in [-0.39, 0.29) is 18.0 Å². The molecular weight excluding hydrogens is 280 g/mol. The molecule has 0 spiro atoms. The lowest BCUT2D eigenvalue weighted by atomic mass is 10.0. The lowest BCUT2D eigenvalue weighted by Crippen LogP contribution is -2.05. The summed E-state index contributed by atoms with van der Waals surface area (Å²) in [6, 6.07) is 14.1. The topological polar surface area (TPSA) is 34.1 Å². The maximum atomic E-state index is 11.6. The van der Waals surface area contributed by atoms with E-state index < -0.39 is 0 Å². The first-order valence-electron chi connectivity index (χ1n) is 7.02. The molecule has 0 heterocycles. The summed E-state index contributed by atoms with van der Waals surface area (Å²) in [5, 5.41) is 0.563. The highest BCUT2D eigenvalue weighted by molar-refractivity contribution is 7.99. The second-order valence-electron chi connectivity index (χ2n) is 5.49. The smallest absolute Gasteiger partial charge is 0.229 e. The van der Waals surface area contributed by atoms with Crippen LogP contribution < -0.4 is 0 Å². The van der Waals surface area contributed by atoms with Gasteiger partial charge in [-0.2, -0.15) is 0 Å². The zero-order valence-electron chi connectivity index (χ0n) is 12.1. The molecule has 0 N–H and O–H groups in total. The van der Waals surface area contributed by atoms with E-state index in [9.17, 15) is 9.59 Å². The Hall–Kier alpha value is -1.87. The van der Waals surface area contributed by atoms with Gasteiger partial charge in [0, 0.05) is 22.1 Å². The standard InChI is InChI=1S/C18H16O2S/c1-11(2)21-15-6-3-12(4-7-15)13-5-8-16-14(9-13)10-17(19)18(16)20/h3-9,11H,10H2,1-2H3. The fourth-order valence-corrected chi connectivity index (χ4v) is 3.38. The summed E-state index contributed by atoms with van der Waals surface area (Å²) < 4.78 is 0. The van der Waals surface area contributed by atoms with Gasteiger partial charge < -0.3 is 0 Å². The SMILES string of the molecule is CC(C)Sc1ccc(-c2ccc3c(c2)CC(=O)C3=O)cc1. The molecule has 0 saturated heterocycles. The lowest BCUT2D eigenvalue weighted by molar-refractivity contribution is -0.114. The number of rotatable bonds is 3. The van der Waals surface area contributed by atoms with Gasteiger partial charge >= 0.3 is 0 Å². The summed E-state index contributed by atoms with van der Waals surface area (Å²) >= 11 is 1.83. The van der Waals surface area contributed by atoms with Crippen LogP contribution >= 0.6 is 11.8 Å². The van der Waals surface area contributed by atoms with E-state index in [1.54, 1.807) is 6.07 Å². The molecule has 0 unspecified atom stereocenters. The molecule has 21 heavy (non-hydrogen) atoms. The Morgan fingerprint density at radius 1 is 0.952 bits per heavy atom. The zero-order valence-corrected chi connectivity index (χ0v) is 12.9. The van der Waals surface area contributed by atoms with Crippen molar-refractivity contribution in [2.45, 2.75) is 30.4 Å². The average Bonchev–Trinajstić information content (AvgIpc) is 2.74. The maximum Gasteiger partial charge on any atom is 0.229 e. The molecule has 3 heteroatoms.